The first kappa shape index (κ1) is 12.9. The SMILES string of the molecule is Cc1cccnc1Cn1cc(CCN)c2ccccc21. The molecule has 3 aromatic rings. The van der Waals surface area contributed by atoms with Gasteiger partial charge in [-0.05, 0) is 43.1 Å². The van der Waals surface area contributed by atoms with Gasteiger partial charge in [-0.25, -0.2) is 0 Å². The van der Waals surface area contributed by atoms with Gasteiger partial charge in [-0.2, -0.15) is 0 Å². The molecule has 2 heterocycles. The van der Waals surface area contributed by atoms with Gasteiger partial charge in [0, 0.05) is 23.3 Å². The fourth-order valence-corrected chi connectivity index (χ4v) is 2.65. The van der Waals surface area contributed by atoms with Crippen LogP contribution in [0.1, 0.15) is 16.8 Å². The third-order valence-electron chi connectivity index (χ3n) is 3.72. The second-order valence-electron chi connectivity index (χ2n) is 5.11. The predicted molar refractivity (Wildman–Crippen MR) is 82.8 cm³/mol. The van der Waals surface area contributed by atoms with Gasteiger partial charge in [-0.15, -0.1) is 0 Å². The molecule has 2 N–H and O–H groups in total. The average Bonchev–Trinajstić information content (AvgIpc) is 2.81. The summed E-state index contributed by atoms with van der Waals surface area (Å²) in [4.78, 5) is 4.49. The van der Waals surface area contributed by atoms with E-state index in [-0.39, 0.29) is 0 Å². The van der Waals surface area contributed by atoms with Crippen LogP contribution in [0.15, 0.2) is 48.8 Å². The first-order valence-corrected chi connectivity index (χ1v) is 6.97. The minimum atomic E-state index is 0.677. The number of para-hydroxylation sites is 1. The smallest absolute Gasteiger partial charge is 0.0651 e. The topological polar surface area (TPSA) is 43.8 Å². The van der Waals surface area contributed by atoms with Gasteiger partial charge >= 0.3 is 0 Å². The van der Waals surface area contributed by atoms with Gasteiger partial charge in [-0.3, -0.25) is 4.98 Å². The summed E-state index contributed by atoms with van der Waals surface area (Å²) in [5.41, 5.74) is 10.6. The molecule has 0 bridgehead atoms. The molecule has 0 atom stereocenters. The van der Waals surface area contributed by atoms with E-state index in [1.165, 1.54) is 22.0 Å². The highest BCUT2D eigenvalue weighted by atomic mass is 15.0. The molecule has 0 unspecified atom stereocenters. The maximum atomic E-state index is 5.72. The molecule has 0 fully saturated rings. The Morgan fingerprint density at radius 3 is 2.80 bits per heavy atom. The van der Waals surface area contributed by atoms with Crippen LogP contribution in [-0.2, 0) is 13.0 Å². The van der Waals surface area contributed by atoms with Crippen LogP contribution < -0.4 is 5.73 Å². The van der Waals surface area contributed by atoms with Crippen molar-refractivity contribution in [2.75, 3.05) is 6.54 Å². The van der Waals surface area contributed by atoms with E-state index in [1.807, 2.05) is 12.3 Å². The lowest BCUT2D eigenvalue weighted by atomic mass is 10.1. The molecule has 0 aliphatic heterocycles. The van der Waals surface area contributed by atoms with Crippen LogP contribution in [0.25, 0.3) is 10.9 Å². The summed E-state index contributed by atoms with van der Waals surface area (Å²) in [6.45, 7) is 3.59. The molecule has 0 amide bonds. The van der Waals surface area contributed by atoms with Crippen LogP contribution >= 0.6 is 0 Å². The van der Waals surface area contributed by atoms with Crippen molar-refractivity contribution in [1.82, 2.24) is 9.55 Å². The summed E-state index contributed by atoms with van der Waals surface area (Å²) in [6, 6.07) is 12.6. The van der Waals surface area contributed by atoms with Gasteiger partial charge in [0.1, 0.15) is 0 Å². The van der Waals surface area contributed by atoms with E-state index in [9.17, 15) is 0 Å². The number of hydrogen-bond acceptors (Lipinski definition) is 2. The highest BCUT2D eigenvalue weighted by Crippen LogP contribution is 2.22. The second-order valence-corrected chi connectivity index (χ2v) is 5.11. The van der Waals surface area contributed by atoms with Crippen molar-refractivity contribution in [1.29, 1.82) is 0 Å². The number of benzene rings is 1. The second kappa shape index (κ2) is 5.47. The van der Waals surface area contributed by atoms with E-state index in [4.69, 9.17) is 5.73 Å². The van der Waals surface area contributed by atoms with Gasteiger partial charge in [-0.1, -0.05) is 24.3 Å². The van der Waals surface area contributed by atoms with E-state index >= 15 is 0 Å². The van der Waals surface area contributed by atoms with Crippen molar-refractivity contribution < 1.29 is 0 Å². The molecule has 102 valence electrons. The normalized spacial score (nSPS) is 11.1. The summed E-state index contributed by atoms with van der Waals surface area (Å²) in [7, 11) is 0. The van der Waals surface area contributed by atoms with E-state index in [2.05, 4.69) is 53.0 Å². The Kier molecular flexibility index (Phi) is 3.52. The third kappa shape index (κ3) is 2.32. The molecule has 20 heavy (non-hydrogen) atoms. The standard InChI is InChI=1S/C17H19N3/c1-13-5-4-10-19-16(13)12-20-11-14(8-9-18)15-6-2-3-7-17(15)20/h2-7,10-11H,8-9,12,18H2,1H3. The zero-order valence-electron chi connectivity index (χ0n) is 11.7. The Bertz CT molecular complexity index is 728. The van der Waals surface area contributed by atoms with E-state index in [0.29, 0.717) is 6.54 Å². The summed E-state index contributed by atoms with van der Waals surface area (Å²) < 4.78 is 2.27. The number of aryl methyl sites for hydroxylation is 1. The average molecular weight is 265 g/mol. The Balaban J connectivity index is 2.05. The Morgan fingerprint density at radius 1 is 1.15 bits per heavy atom. The van der Waals surface area contributed by atoms with Crippen molar-refractivity contribution in [3.8, 4) is 0 Å². The zero-order valence-corrected chi connectivity index (χ0v) is 11.7. The molecule has 3 rings (SSSR count). The summed E-state index contributed by atoms with van der Waals surface area (Å²) in [5.74, 6) is 0. The van der Waals surface area contributed by atoms with Gasteiger partial charge in [0.2, 0.25) is 0 Å². The molecule has 1 aromatic carbocycles. The monoisotopic (exact) mass is 265 g/mol. The maximum absolute atomic E-state index is 5.72. The quantitative estimate of drug-likeness (QED) is 0.788. The third-order valence-corrected chi connectivity index (χ3v) is 3.72. The zero-order chi connectivity index (χ0) is 13.9. The first-order valence-electron chi connectivity index (χ1n) is 6.97. The molecule has 0 aliphatic carbocycles. The number of aromatic nitrogens is 2. The summed E-state index contributed by atoms with van der Waals surface area (Å²) >= 11 is 0. The van der Waals surface area contributed by atoms with E-state index in [1.54, 1.807) is 0 Å². The van der Waals surface area contributed by atoms with Gasteiger partial charge in [0.15, 0.2) is 0 Å². The van der Waals surface area contributed by atoms with Crippen LogP contribution in [-0.4, -0.2) is 16.1 Å². The molecule has 3 heteroatoms. The number of fused-ring (bicyclic) bond motifs is 1. The van der Waals surface area contributed by atoms with Crippen LogP contribution in [0, 0.1) is 6.92 Å². The lowest BCUT2D eigenvalue weighted by Gasteiger charge is -2.07. The molecular formula is C17H19N3. The maximum Gasteiger partial charge on any atom is 0.0651 e. The summed E-state index contributed by atoms with van der Waals surface area (Å²) in [6.07, 6.45) is 4.98. The Labute approximate surface area is 119 Å². The first-order chi connectivity index (χ1) is 9.79. The van der Waals surface area contributed by atoms with E-state index in [0.717, 1.165) is 18.7 Å². The highest BCUT2D eigenvalue weighted by molar-refractivity contribution is 5.84. The van der Waals surface area contributed by atoms with Crippen molar-refractivity contribution >= 4 is 10.9 Å². The molecular weight excluding hydrogens is 246 g/mol. The van der Waals surface area contributed by atoms with Crippen molar-refractivity contribution in [2.24, 2.45) is 5.73 Å². The Morgan fingerprint density at radius 2 is 2.00 bits per heavy atom. The van der Waals surface area contributed by atoms with Gasteiger partial charge < -0.3 is 10.3 Å². The Hall–Kier alpha value is -2.13. The largest absolute Gasteiger partial charge is 0.341 e. The number of nitrogens with two attached hydrogens (primary N) is 1. The van der Waals surface area contributed by atoms with Crippen molar-refractivity contribution in [3.05, 3.63) is 65.6 Å². The van der Waals surface area contributed by atoms with Crippen LogP contribution in [0.2, 0.25) is 0 Å². The molecule has 0 spiro atoms. The van der Waals surface area contributed by atoms with Crippen molar-refractivity contribution in [3.63, 3.8) is 0 Å². The predicted octanol–water partition coefficient (Wildman–Crippen LogP) is 2.89. The molecule has 2 aromatic heterocycles. The van der Waals surface area contributed by atoms with Gasteiger partial charge in [0.05, 0.1) is 12.2 Å². The number of nitrogens with zero attached hydrogens (tertiary/aromatic N) is 2. The molecule has 0 radical (unpaired) electrons. The van der Waals surface area contributed by atoms with Gasteiger partial charge in [0.25, 0.3) is 0 Å². The molecule has 0 aliphatic rings. The van der Waals surface area contributed by atoms with Crippen LogP contribution in [0.3, 0.4) is 0 Å². The fourth-order valence-electron chi connectivity index (χ4n) is 2.65. The lowest BCUT2D eigenvalue weighted by molar-refractivity contribution is 0.793. The number of hydrogen-bond donors (Lipinski definition) is 1. The fraction of sp³-hybridized carbons (Fsp3) is 0.235. The molecule has 3 nitrogen and oxygen atoms in total. The number of rotatable bonds is 4. The molecule has 0 saturated carbocycles. The lowest BCUT2D eigenvalue weighted by Crippen LogP contribution is -2.03. The highest BCUT2D eigenvalue weighted by Gasteiger charge is 2.09. The minimum Gasteiger partial charge on any atom is -0.341 e. The van der Waals surface area contributed by atoms with E-state index < -0.39 is 0 Å². The number of pyridine rings is 1. The van der Waals surface area contributed by atoms with Crippen LogP contribution in [0.4, 0.5) is 0 Å². The van der Waals surface area contributed by atoms with Crippen LogP contribution in [0.5, 0.6) is 0 Å². The minimum absolute atomic E-state index is 0.677. The van der Waals surface area contributed by atoms with Crippen molar-refractivity contribution in [2.45, 2.75) is 19.9 Å². The molecule has 0 saturated heterocycles. The summed E-state index contributed by atoms with van der Waals surface area (Å²) in [5, 5.41) is 1.30.